The van der Waals surface area contributed by atoms with Crippen molar-refractivity contribution in [1.29, 1.82) is 0 Å². The molecule has 0 bridgehead atoms. The zero-order valence-corrected chi connectivity index (χ0v) is 22.7. The molecule has 180 valence electrons. The van der Waals surface area contributed by atoms with Crippen LogP contribution < -0.4 is 22.1 Å². The van der Waals surface area contributed by atoms with Crippen molar-refractivity contribution in [3.05, 3.63) is 68.3 Å². The fourth-order valence-electron chi connectivity index (χ4n) is 3.30. The summed E-state index contributed by atoms with van der Waals surface area (Å²) in [6, 6.07) is 15.3. The van der Waals surface area contributed by atoms with E-state index in [4.69, 9.17) is 11.5 Å². The van der Waals surface area contributed by atoms with Crippen LogP contribution in [0, 0.1) is 7.40 Å². The van der Waals surface area contributed by atoms with E-state index in [1.54, 1.807) is 24.5 Å². The summed E-state index contributed by atoms with van der Waals surface area (Å²) in [5.74, 6) is 1.83. The van der Waals surface area contributed by atoms with E-state index in [1.165, 1.54) is 0 Å². The molecule has 0 aliphatic heterocycles. The van der Waals surface area contributed by atoms with Gasteiger partial charge in [-0.25, -0.2) is 9.97 Å². The standard InChI is InChI=1S/2C11H9IN6/c2*12-10-7-5-6(1-2-8(7)17-18-10)15-9-3-4-14-11(13)16-9/h2*1-5H,(H,17,18)(H3,13,14,15,16). The Kier molecular flexibility index (Phi) is 6.94. The highest BCUT2D eigenvalue weighted by Gasteiger charge is 2.05. The lowest BCUT2D eigenvalue weighted by atomic mass is 10.2. The van der Waals surface area contributed by atoms with Gasteiger partial charge >= 0.3 is 0 Å². The summed E-state index contributed by atoms with van der Waals surface area (Å²) in [7, 11) is 0. The highest BCUT2D eigenvalue weighted by Crippen LogP contribution is 2.24. The van der Waals surface area contributed by atoms with Crippen molar-refractivity contribution in [3.8, 4) is 0 Å². The first-order chi connectivity index (χ1) is 17.4. The summed E-state index contributed by atoms with van der Waals surface area (Å²) in [4.78, 5) is 15.9. The van der Waals surface area contributed by atoms with Gasteiger partial charge in [-0.05, 0) is 93.7 Å². The Bertz CT molecular complexity index is 1540. The van der Waals surface area contributed by atoms with Crippen LogP contribution in [0.4, 0.5) is 34.9 Å². The molecule has 4 heterocycles. The monoisotopic (exact) mass is 704 g/mol. The SMILES string of the molecule is Nc1nccc(Nc2ccc3n[nH]c(I)c3c2)n1.Nc1nccc(Nc2ccc3n[nH]c(I)c3c2)n1. The number of hydrogen-bond acceptors (Lipinski definition) is 10. The zero-order chi connectivity index (χ0) is 25.1. The van der Waals surface area contributed by atoms with Crippen molar-refractivity contribution in [2.24, 2.45) is 0 Å². The molecule has 6 aromatic rings. The smallest absolute Gasteiger partial charge is 0.221 e. The average Bonchev–Trinajstić information content (AvgIpc) is 3.42. The van der Waals surface area contributed by atoms with E-state index in [0.29, 0.717) is 11.6 Å². The van der Waals surface area contributed by atoms with Gasteiger partial charge in [-0.3, -0.25) is 10.2 Å². The van der Waals surface area contributed by atoms with E-state index in [0.717, 1.165) is 40.6 Å². The van der Waals surface area contributed by atoms with Crippen molar-refractivity contribution in [2.75, 3.05) is 22.1 Å². The second kappa shape index (κ2) is 10.4. The minimum atomic E-state index is 0.249. The van der Waals surface area contributed by atoms with E-state index in [9.17, 15) is 0 Å². The fourth-order valence-corrected chi connectivity index (χ4v) is 4.40. The van der Waals surface area contributed by atoms with Gasteiger partial charge in [0.15, 0.2) is 0 Å². The molecule has 36 heavy (non-hydrogen) atoms. The number of anilines is 6. The Morgan fingerprint density at radius 2 is 1.08 bits per heavy atom. The molecule has 0 aliphatic carbocycles. The van der Waals surface area contributed by atoms with Gasteiger partial charge in [-0.1, -0.05) is 0 Å². The quantitative estimate of drug-likeness (QED) is 0.142. The molecule has 0 spiro atoms. The van der Waals surface area contributed by atoms with Crippen molar-refractivity contribution in [3.63, 3.8) is 0 Å². The number of nitrogens with one attached hydrogen (secondary N) is 4. The first kappa shape index (κ1) is 23.9. The number of nitrogens with zero attached hydrogens (tertiary/aromatic N) is 6. The number of rotatable bonds is 4. The second-order valence-corrected chi connectivity index (χ2v) is 9.55. The lowest BCUT2D eigenvalue weighted by Crippen LogP contribution is -1.98. The molecule has 0 fully saturated rings. The Morgan fingerprint density at radius 1 is 0.639 bits per heavy atom. The van der Waals surface area contributed by atoms with Crippen LogP contribution in [0.2, 0.25) is 0 Å². The topological polar surface area (TPSA) is 185 Å². The first-order valence-electron chi connectivity index (χ1n) is 10.4. The van der Waals surface area contributed by atoms with E-state index >= 15 is 0 Å². The minimum Gasteiger partial charge on any atom is -0.368 e. The summed E-state index contributed by atoms with van der Waals surface area (Å²) in [6.07, 6.45) is 3.23. The number of fused-ring (bicyclic) bond motifs is 2. The Hall–Kier alpha value is -3.80. The maximum Gasteiger partial charge on any atom is 0.221 e. The molecule has 2 aromatic carbocycles. The summed E-state index contributed by atoms with van der Waals surface area (Å²) in [5.41, 5.74) is 14.8. The van der Waals surface area contributed by atoms with Crippen molar-refractivity contribution in [2.45, 2.75) is 0 Å². The highest BCUT2D eigenvalue weighted by atomic mass is 127. The lowest BCUT2D eigenvalue weighted by Gasteiger charge is -2.05. The molecule has 0 aliphatic rings. The van der Waals surface area contributed by atoms with Crippen molar-refractivity contribution >= 4 is 102 Å². The van der Waals surface area contributed by atoms with Crippen LogP contribution in [0.1, 0.15) is 0 Å². The predicted molar refractivity (Wildman–Crippen MR) is 157 cm³/mol. The molecular weight excluding hydrogens is 686 g/mol. The summed E-state index contributed by atoms with van der Waals surface area (Å²) in [6.45, 7) is 0. The van der Waals surface area contributed by atoms with Crippen molar-refractivity contribution in [1.82, 2.24) is 40.3 Å². The number of halogens is 2. The van der Waals surface area contributed by atoms with Crippen LogP contribution >= 0.6 is 45.2 Å². The number of nitrogens with two attached hydrogens (primary N) is 2. The number of aromatic nitrogens is 8. The largest absolute Gasteiger partial charge is 0.368 e. The van der Waals surface area contributed by atoms with Crippen LogP contribution in [0.3, 0.4) is 0 Å². The maximum absolute atomic E-state index is 5.53. The average molecular weight is 704 g/mol. The van der Waals surface area contributed by atoms with Crippen LogP contribution in [-0.2, 0) is 0 Å². The second-order valence-electron chi connectivity index (χ2n) is 7.39. The third-order valence-electron chi connectivity index (χ3n) is 4.91. The third-order valence-corrected chi connectivity index (χ3v) is 6.55. The molecule has 0 saturated carbocycles. The van der Waals surface area contributed by atoms with Gasteiger partial charge in [0.05, 0.1) is 11.0 Å². The molecule has 0 radical (unpaired) electrons. The summed E-state index contributed by atoms with van der Waals surface area (Å²) in [5, 5.41) is 22.7. The molecule has 4 aromatic heterocycles. The summed E-state index contributed by atoms with van der Waals surface area (Å²) >= 11 is 4.43. The van der Waals surface area contributed by atoms with E-state index < -0.39 is 0 Å². The predicted octanol–water partition coefficient (Wildman–Crippen LogP) is 4.57. The van der Waals surface area contributed by atoms with Gasteiger partial charge in [-0.15, -0.1) is 0 Å². The maximum atomic E-state index is 5.53. The molecule has 0 atom stereocenters. The number of aromatic amines is 2. The normalized spacial score (nSPS) is 10.7. The molecule has 8 N–H and O–H groups in total. The van der Waals surface area contributed by atoms with Crippen molar-refractivity contribution < 1.29 is 0 Å². The Balaban J connectivity index is 0.000000148. The minimum absolute atomic E-state index is 0.249. The summed E-state index contributed by atoms with van der Waals surface area (Å²) < 4.78 is 2.02. The molecule has 0 saturated heterocycles. The number of hydrogen-bond donors (Lipinski definition) is 6. The molecule has 0 unspecified atom stereocenters. The Labute approximate surface area is 231 Å². The van der Waals surface area contributed by atoms with E-state index in [1.807, 2.05) is 36.4 Å². The van der Waals surface area contributed by atoms with Crippen LogP contribution in [0.15, 0.2) is 60.9 Å². The Morgan fingerprint density at radius 3 is 1.50 bits per heavy atom. The van der Waals surface area contributed by atoms with Crippen LogP contribution in [-0.4, -0.2) is 40.3 Å². The van der Waals surface area contributed by atoms with E-state index in [2.05, 4.69) is 96.1 Å². The van der Waals surface area contributed by atoms with Gasteiger partial charge in [-0.2, -0.15) is 20.2 Å². The third kappa shape index (κ3) is 5.54. The number of nitrogen functional groups attached to an aromatic ring is 2. The van der Waals surface area contributed by atoms with Crippen LogP contribution in [0.25, 0.3) is 21.8 Å². The zero-order valence-electron chi connectivity index (χ0n) is 18.4. The van der Waals surface area contributed by atoms with Gasteiger partial charge in [0.25, 0.3) is 0 Å². The lowest BCUT2D eigenvalue weighted by molar-refractivity contribution is 1.09. The molecule has 0 amide bonds. The molecule has 12 nitrogen and oxygen atoms in total. The number of benzene rings is 2. The molecule has 14 heteroatoms. The highest BCUT2D eigenvalue weighted by molar-refractivity contribution is 14.1. The van der Waals surface area contributed by atoms with Crippen LogP contribution in [0.5, 0.6) is 0 Å². The molecule has 6 rings (SSSR count). The van der Waals surface area contributed by atoms with Gasteiger partial charge in [0, 0.05) is 34.5 Å². The van der Waals surface area contributed by atoms with E-state index in [-0.39, 0.29) is 11.9 Å². The van der Waals surface area contributed by atoms with Gasteiger partial charge in [0.2, 0.25) is 11.9 Å². The van der Waals surface area contributed by atoms with Gasteiger partial charge in [0.1, 0.15) is 19.0 Å². The fraction of sp³-hybridized carbons (Fsp3) is 0. The first-order valence-corrected chi connectivity index (χ1v) is 12.6. The molecular formula is C22H18I2N12. The van der Waals surface area contributed by atoms with Gasteiger partial charge < -0.3 is 22.1 Å². The number of H-pyrrole nitrogens is 2.